The largest absolute Gasteiger partial charge is 0.207 e. The van der Waals surface area contributed by atoms with Crippen LogP contribution in [0.2, 0.25) is 0 Å². The number of rotatable bonds is 1. The Labute approximate surface area is 134 Å². The van der Waals surface area contributed by atoms with Crippen molar-refractivity contribution in [1.29, 1.82) is 0 Å². The monoisotopic (exact) mass is 394 g/mol. The summed E-state index contributed by atoms with van der Waals surface area (Å²) in [7, 11) is 0. The molecule has 0 aromatic rings. The van der Waals surface area contributed by atoms with E-state index in [4.69, 9.17) is 104 Å². The highest BCUT2D eigenvalue weighted by Crippen LogP contribution is 2.34. The molecule has 0 N–H and O–H groups in total. The SMILES string of the molecule is CC(Cl)C(Cl)(Cl)Cl.ClCC(Cl)C(Cl)(Cl)Cl. The predicted molar refractivity (Wildman–Crippen MR) is 76.3 cm³/mol. The summed E-state index contributed by atoms with van der Waals surface area (Å²) in [6.45, 7) is 1.62. The Morgan fingerprint density at radius 1 is 0.867 bits per heavy atom. The molecular formula is C6H7Cl9. The Balaban J connectivity index is 0. The summed E-state index contributed by atoms with van der Waals surface area (Å²) < 4.78 is -2.76. The topological polar surface area (TPSA) is 0 Å². The molecule has 15 heavy (non-hydrogen) atoms. The van der Waals surface area contributed by atoms with Crippen molar-refractivity contribution in [3.63, 3.8) is 0 Å². The average Bonchev–Trinajstić information content (AvgIpc) is 2.00. The molecule has 0 radical (unpaired) electrons. The molecule has 0 saturated heterocycles. The van der Waals surface area contributed by atoms with E-state index in [0.717, 1.165) is 0 Å². The Hall–Kier alpha value is 2.61. The van der Waals surface area contributed by atoms with Crippen molar-refractivity contribution in [1.82, 2.24) is 0 Å². The van der Waals surface area contributed by atoms with Gasteiger partial charge in [-0.05, 0) is 6.92 Å². The summed E-state index contributed by atoms with van der Waals surface area (Å²) in [6, 6.07) is 0. The minimum absolute atomic E-state index is 0.137. The minimum atomic E-state index is -1.44. The lowest BCUT2D eigenvalue weighted by molar-refractivity contribution is 0.984. The van der Waals surface area contributed by atoms with E-state index < -0.39 is 18.3 Å². The van der Waals surface area contributed by atoms with E-state index in [1.165, 1.54) is 0 Å². The maximum atomic E-state index is 5.41. The molecule has 0 nitrogen and oxygen atoms in total. The molecular weight excluding hydrogens is 391 g/mol. The Kier molecular flexibility index (Phi) is 11.5. The van der Waals surface area contributed by atoms with Gasteiger partial charge in [-0.2, -0.15) is 0 Å². The molecule has 0 fully saturated rings. The van der Waals surface area contributed by atoms with Gasteiger partial charge in [-0.3, -0.25) is 0 Å². The summed E-state index contributed by atoms with van der Waals surface area (Å²) in [5.74, 6) is 0.137. The quantitative estimate of drug-likeness (QED) is 0.463. The van der Waals surface area contributed by atoms with Gasteiger partial charge in [-0.15, -0.1) is 34.8 Å². The van der Waals surface area contributed by atoms with Gasteiger partial charge in [0.25, 0.3) is 0 Å². The first-order valence-corrected chi connectivity index (χ1v) is 7.08. The normalized spacial score (nSPS) is 16.4. The second kappa shape index (κ2) is 8.67. The second-order valence-corrected chi connectivity index (χ2v) is 8.55. The van der Waals surface area contributed by atoms with E-state index in [0.29, 0.717) is 0 Å². The Morgan fingerprint density at radius 3 is 1.13 bits per heavy atom. The zero-order valence-corrected chi connectivity index (χ0v) is 14.1. The Bertz CT molecular complexity index is 155. The highest BCUT2D eigenvalue weighted by Gasteiger charge is 2.29. The second-order valence-electron chi connectivity index (χ2n) is 2.32. The molecule has 0 saturated carbocycles. The van der Waals surface area contributed by atoms with Gasteiger partial charge in [-0.1, -0.05) is 69.6 Å². The lowest BCUT2D eigenvalue weighted by atomic mass is 10.5. The van der Waals surface area contributed by atoms with E-state index in [-0.39, 0.29) is 5.88 Å². The zero-order chi connectivity index (χ0) is 12.9. The van der Waals surface area contributed by atoms with Gasteiger partial charge in [0.15, 0.2) is 0 Å². The minimum Gasteiger partial charge on any atom is -0.125 e. The molecule has 0 amide bonds. The smallest absolute Gasteiger partial charge is 0.125 e. The Morgan fingerprint density at radius 2 is 1.13 bits per heavy atom. The van der Waals surface area contributed by atoms with Crippen molar-refractivity contribution in [2.24, 2.45) is 0 Å². The predicted octanol–water partition coefficient (Wildman–Crippen LogP) is 6.19. The van der Waals surface area contributed by atoms with Crippen LogP contribution in [-0.4, -0.2) is 24.2 Å². The van der Waals surface area contributed by atoms with Crippen molar-refractivity contribution in [3.05, 3.63) is 0 Å². The molecule has 0 aliphatic rings. The zero-order valence-electron chi connectivity index (χ0n) is 7.26. The van der Waals surface area contributed by atoms with Gasteiger partial charge < -0.3 is 0 Å². The summed E-state index contributed by atoms with van der Waals surface area (Å²) in [5.41, 5.74) is 0. The number of halogens is 9. The molecule has 0 aromatic carbocycles. The third-order valence-electron chi connectivity index (χ3n) is 0.942. The maximum Gasteiger partial charge on any atom is 0.207 e. The third kappa shape index (κ3) is 12.9. The first kappa shape index (κ1) is 19.9. The molecule has 0 spiro atoms. The molecule has 9 heteroatoms. The number of hydrogen-bond donors (Lipinski definition) is 0. The fourth-order valence-corrected chi connectivity index (χ4v) is 0.787. The van der Waals surface area contributed by atoms with Crippen molar-refractivity contribution in [2.45, 2.75) is 25.3 Å². The van der Waals surface area contributed by atoms with Crippen LogP contribution in [0.25, 0.3) is 0 Å². The van der Waals surface area contributed by atoms with Gasteiger partial charge in [0, 0.05) is 5.88 Å². The van der Waals surface area contributed by atoms with Gasteiger partial charge >= 0.3 is 0 Å². The highest BCUT2D eigenvalue weighted by molar-refractivity contribution is 6.70. The first-order chi connectivity index (χ1) is 6.42. The van der Waals surface area contributed by atoms with Crippen molar-refractivity contribution in [2.75, 3.05) is 5.88 Å². The molecule has 2 unspecified atom stereocenters. The van der Waals surface area contributed by atoms with Gasteiger partial charge in [0.2, 0.25) is 7.59 Å². The van der Waals surface area contributed by atoms with Gasteiger partial charge in [-0.25, -0.2) is 0 Å². The van der Waals surface area contributed by atoms with Crippen LogP contribution in [0, 0.1) is 0 Å². The standard InChI is InChI=1S/C3H3Cl5.C3H4Cl4/c4-1-2(5)3(6,7)8;1-2(4)3(5,6)7/h2H,1H2;2H,1H3. The molecule has 0 aliphatic heterocycles. The molecule has 0 aromatic heterocycles. The maximum absolute atomic E-state index is 5.41. The van der Waals surface area contributed by atoms with Crippen LogP contribution >= 0.6 is 104 Å². The third-order valence-corrected chi connectivity index (χ3v) is 4.66. The molecule has 0 heterocycles. The summed E-state index contributed by atoms with van der Waals surface area (Å²) in [6.07, 6.45) is 0. The van der Waals surface area contributed by atoms with Crippen molar-refractivity contribution in [3.8, 4) is 0 Å². The van der Waals surface area contributed by atoms with Crippen LogP contribution in [0.1, 0.15) is 6.92 Å². The molecule has 0 bridgehead atoms. The van der Waals surface area contributed by atoms with E-state index in [9.17, 15) is 0 Å². The van der Waals surface area contributed by atoms with Crippen molar-refractivity contribution < 1.29 is 0 Å². The van der Waals surface area contributed by atoms with Crippen LogP contribution in [0.5, 0.6) is 0 Å². The summed E-state index contributed by atoms with van der Waals surface area (Å²) in [4.78, 5) is 0. The molecule has 0 rings (SSSR count). The summed E-state index contributed by atoms with van der Waals surface area (Å²) >= 11 is 47.7. The van der Waals surface area contributed by atoms with E-state index in [2.05, 4.69) is 0 Å². The fourth-order valence-electron chi connectivity index (χ4n) is 0.0875. The van der Waals surface area contributed by atoms with Crippen LogP contribution < -0.4 is 0 Å². The van der Waals surface area contributed by atoms with Crippen molar-refractivity contribution >= 4 is 104 Å². The lowest BCUT2D eigenvalue weighted by Gasteiger charge is -2.13. The van der Waals surface area contributed by atoms with Gasteiger partial charge in [0.1, 0.15) is 0 Å². The number of hydrogen-bond acceptors (Lipinski definition) is 0. The fraction of sp³-hybridized carbons (Fsp3) is 1.00. The molecule has 2 atom stereocenters. The van der Waals surface area contributed by atoms with Crippen LogP contribution in [-0.2, 0) is 0 Å². The summed E-state index contributed by atoms with van der Waals surface area (Å²) in [5, 5.41) is -1.05. The lowest BCUT2D eigenvalue weighted by Crippen LogP contribution is -2.20. The number of alkyl halides is 9. The van der Waals surface area contributed by atoms with Crippen LogP contribution in [0.15, 0.2) is 0 Å². The van der Waals surface area contributed by atoms with E-state index >= 15 is 0 Å². The van der Waals surface area contributed by atoms with Gasteiger partial charge in [0.05, 0.1) is 10.8 Å². The van der Waals surface area contributed by atoms with Crippen LogP contribution in [0.4, 0.5) is 0 Å². The molecule has 94 valence electrons. The van der Waals surface area contributed by atoms with E-state index in [1.807, 2.05) is 0 Å². The van der Waals surface area contributed by atoms with E-state index in [1.54, 1.807) is 6.92 Å². The van der Waals surface area contributed by atoms with Crippen LogP contribution in [0.3, 0.4) is 0 Å². The first-order valence-electron chi connectivity index (χ1n) is 3.40. The average molecular weight is 398 g/mol. The molecule has 0 aliphatic carbocycles. The highest BCUT2D eigenvalue weighted by atomic mass is 35.6.